The van der Waals surface area contributed by atoms with Gasteiger partial charge in [-0.05, 0) is 24.6 Å². The third kappa shape index (κ3) is 3.00. The number of benzene rings is 4. The van der Waals surface area contributed by atoms with Crippen LogP contribution in [0.5, 0.6) is 17.2 Å². The number of hydrogen-bond acceptors (Lipinski definition) is 2. The monoisotopic (exact) mass is 410 g/mol. The van der Waals surface area contributed by atoms with Gasteiger partial charge >= 0.3 is 0 Å². The van der Waals surface area contributed by atoms with Crippen LogP contribution in [0.25, 0.3) is 0 Å². The summed E-state index contributed by atoms with van der Waals surface area (Å²) in [4.78, 5) is 0. The molecule has 0 saturated carbocycles. The van der Waals surface area contributed by atoms with Crippen LogP contribution in [0.1, 0.15) is 25.0 Å². The van der Waals surface area contributed by atoms with E-state index >= 15 is 0 Å². The summed E-state index contributed by atoms with van der Waals surface area (Å²) < 4.78 is 6.47. The van der Waals surface area contributed by atoms with Crippen molar-refractivity contribution >= 4 is 23.8 Å². The fourth-order valence-electron chi connectivity index (χ4n) is 4.25. The van der Waals surface area contributed by atoms with Gasteiger partial charge in [0.2, 0.25) is 0 Å². The van der Waals surface area contributed by atoms with E-state index in [1.807, 2.05) is 12.1 Å². The van der Waals surface area contributed by atoms with E-state index in [9.17, 15) is 5.11 Å². The van der Waals surface area contributed by atoms with Gasteiger partial charge in [0.15, 0.2) is 11.5 Å². The van der Waals surface area contributed by atoms with E-state index in [1.54, 1.807) is 6.07 Å². The number of hydrogen-bond donors (Lipinski definition) is 1. The molecule has 4 aromatic carbocycles. The van der Waals surface area contributed by atoms with Crippen molar-refractivity contribution in [3.8, 4) is 17.2 Å². The number of aromatic hydroxyl groups is 1. The van der Waals surface area contributed by atoms with Gasteiger partial charge in [0.25, 0.3) is 0 Å². The Morgan fingerprint density at radius 1 is 0.633 bits per heavy atom. The maximum Gasteiger partial charge on any atom is 0.173 e. The van der Waals surface area contributed by atoms with Crippen molar-refractivity contribution in [2.24, 2.45) is 0 Å². The summed E-state index contributed by atoms with van der Waals surface area (Å²) in [5, 5.41) is 14.3. The maximum absolute atomic E-state index is 10.6. The second-order valence-electron chi connectivity index (χ2n) is 8.04. The SMILES string of the molecule is CC1(C)c2cccc(O)c2Oc2c(P(c3ccccc3)c3ccccc3)cccc21. The van der Waals surface area contributed by atoms with Crippen LogP contribution < -0.4 is 20.7 Å². The van der Waals surface area contributed by atoms with Crippen LogP contribution in [-0.2, 0) is 5.41 Å². The van der Waals surface area contributed by atoms with E-state index in [4.69, 9.17) is 4.74 Å². The van der Waals surface area contributed by atoms with Crippen molar-refractivity contribution in [2.75, 3.05) is 0 Å². The normalized spacial score (nSPS) is 14.0. The van der Waals surface area contributed by atoms with Crippen molar-refractivity contribution in [2.45, 2.75) is 19.3 Å². The summed E-state index contributed by atoms with van der Waals surface area (Å²) in [6.45, 7) is 4.40. The van der Waals surface area contributed by atoms with Crippen molar-refractivity contribution in [3.05, 3.63) is 108 Å². The molecule has 0 atom stereocenters. The highest BCUT2D eigenvalue weighted by Crippen LogP contribution is 2.52. The predicted octanol–water partition coefficient (Wildman–Crippen LogP) is 5.58. The first-order chi connectivity index (χ1) is 14.6. The third-order valence-electron chi connectivity index (χ3n) is 5.81. The molecule has 0 spiro atoms. The minimum Gasteiger partial charge on any atom is -0.504 e. The van der Waals surface area contributed by atoms with E-state index in [0.29, 0.717) is 5.75 Å². The first kappa shape index (κ1) is 18.9. The van der Waals surface area contributed by atoms with Crippen LogP contribution in [0, 0.1) is 0 Å². The Hall–Kier alpha value is -3.09. The molecular formula is C27H23O2P. The summed E-state index contributed by atoms with van der Waals surface area (Å²) in [6.07, 6.45) is 0. The minimum atomic E-state index is -0.808. The van der Waals surface area contributed by atoms with E-state index in [2.05, 4.69) is 92.7 Å². The Bertz CT molecular complexity index is 1160. The molecule has 1 aliphatic heterocycles. The number of para-hydroxylation sites is 2. The zero-order chi connectivity index (χ0) is 20.7. The zero-order valence-corrected chi connectivity index (χ0v) is 17.9. The molecule has 0 radical (unpaired) electrons. The molecule has 1 aliphatic rings. The van der Waals surface area contributed by atoms with Gasteiger partial charge in [0.1, 0.15) is 5.75 Å². The molecule has 0 amide bonds. The molecule has 148 valence electrons. The molecule has 1 heterocycles. The topological polar surface area (TPSA) is 29.5 Å². The van der Waals surface area contributed by atoms with Crippen molar-refractivity contribution in [1.29, 1.82) is 0 Å². The second kappa shape index (κ2) is 7.31. The maximum atomic E-state index is 10.6. The van der Waals surface area contributed by atoms with Gasteiger partial charge < -0.3 is 9.84 Å². The highest BCUT2D eigenvalue weighted by atomic mass is 31.1. The molecule has 0 unspecified atom stereocenters. The van der Waals surface area contributed by atoms with Crippen LogP contribution in [0.3, 0.4) is 0 Å². The Labute approximate surface area is 178 Å². The van der Waals surface area contributed by atoms with Crippen molar-refractivity contribution in [3.63, 3.8) is 0 Å². The van der Waals surface area contributed by atoms with Gasteiger partial charge in [0.05, 0.1) is 0 Å². The quantitative estimate of drug-likeness (QED) is 0.447. The van der Waals surface area contributed by atoms with Gasteiger partial charge in [-0.1, -0.05) is 105 Å². The third-order valence-corrected chi connectivity index (χ3v) is 8.27. The van der Waals surface area contributed by atoms with E-state index < -0.39 is 7.92 Å². The molecule has 0 bridgehead atoms. The highest BCUT2D eigenvalue weighted by Gasteiger charge is 2.38. The van der Waals surface area contributed by atoms with Crippen molar-refractivity contribution < 1.29 is 9.84 Å². The molecule has 30 heavy (non-hydrogen) atoms. The fraction of sp³-hybridized carbons (Fsp3) is 0.111. The Kier molecular flexibility index (Phi) is 4.60. The molecule has 0 saturated heterocycles. The van der Waals surface area contributed by atoms with Gasteiger partial charge in [-0.2, -0.15) is 0 Å². The smallest absolute Gasteiger partial charge is 0.173 e. The summed E-state index contributed by atoms with van der Waals surface area (Å²) in [5.74, 6) is 1.62. The molecule has 3 heteroatoms. The first-order valence-corrected chi connectivity index (χ1v) is 11.5. The second-order valence-corrected chi connectivity index (χ2v) is 10.2. The van der Waals surface area contributed by atoms with Gasteiger partial charge in [-0.15, -0.1) is 0 Å². The van der Waals surface area contributed by atoms with E-state index in [0.717, 1.165) is 16.9 Å². The van der Waals surface area contributed by atoms with Gasteiger partial charge in [-0.25, -0.2) is 0 Å². The molecule has 0 aromatic heterocycles. The molecule has 0 aliphatic carbocycles. The molecule has 1 N–H and O–H groups in total. The summed E-state index contributed by atoms with van der Waals surface area (Å²) in [6, 6.07) is 33.3. The van der Waals surface area contributed by atoms with Crippen LogP contribution >= 0.6 is 7.92 Å². The average Bonchev–Trinajstić information content (AvgIpc) is 2.77. The Morgan fingerprint density at radius 3 is 1.77 bits per heavy atom. The molecule has 0 fully saturated rings. The lowest BCUT2D eigenvalue weighted by molar-refractivity contribution is 0.378. The predicted molar refractivity (Wildman–Crippen MR) is 125 cm³/mol. The molecular weight excluding hydrogens is 387 g/mol. The molecule has 5 rings (SSSR count). The van der Waals surface area contributed by atoms with Crippen LogP contribution in [0.2, 0.25) is 0 Å². The fourth-order valence-corrected chi connectivity index (χ4v) is 6.65. The van der Waals surface area contributed by atoms with Crippen LogP contribution in [0.4, 0.5) is 0 Å². The van der Waals surface area contributed by atoms with Crippen LogP contribution in [0.15, 0.2) is 97.1 Å². The lowest BCUT2D eigenvalue weighted by Gasteiger charge is -2.36. The largest absolute Gasteiger partial charge is 0.504 e. The first-order valence-electron chi connectivity index (χ1n) is 10.1. The van der Waals surface area contributed by atoms with Gasteiger partial charge in [0, 0.05) is 21.8 Å². The number of ether oxygens (including phenoxy) is 1. The number of rotatable bonds is 3. The number of phenolic OH excluding ortho intramolecular Hbond substituents is 1. The van der Waals surface area contributed by atoms with Crippen molar-refractivity contribution in [1.82, 2.24) is 0 Å². The molecule has 4 aromatic rings. The summed E-state index contributed by atoms with van der Waals surface area (Å²) in [7, 11) is -0.808. The lowest BCUT2D eigenvalue weighted by Crippen LogP contribution is -2.29. The van der Waals surface area contributed by atoms with E-state index in [1.165, 1.54) is 15.9 Å². The van der Waals surface area contributed by atoms with E-state index in [-0.39, 0.29) is 11.2 Å². The summed E-state index contributed by atoms with van der Waals surface area (Å²) in [5.41, 5.74) is 1.89. The number of fused-ring (bicyclic) bond motifs is 2. The standard InChI is InChI=1S/C27H23O2P/c1-27(2)21-15-9-17-23(28)25(21)29-26-22(27)16-10-18-24(26)30(19-11-5-3-6-12-19)20-13-7-4-8-14-20/h3-18,28H,1-2H3. The number of phenols is 1. The zero-order valence-electron chi connectivity index (χ0n) is 17.0. The summed E-state index contributed by atoms with van der Waals surface area (Å²) >= 11 is 0. The molecule has 2 nitrogen and oxygen atoms in total. The Morgan fingerprint density at radius 2 is 1.17 bits per heavy atom. The van der Waals surface area contributed by atoms with Crippen LogP contribution in [-0.4, -0.2) is 5.11 Å². The van der Waals surface area contributed by atoms with Gasteiger partial charge in [-0.3, -0.25) is 0 Å². The lowest BCUT2D eigenvalue weighted by atomic mass is 9.75. The Balaban J connectivity index is 1.76. The minimum absolute atomic E-state index is 0.185. The average molecular weight is 410 g/mol. The highest BCUT2D eigenvalue weighted by molar-refractivity contribution is 7.80.